The first-order valence-electron chi connectivity index (χ1n) is 4.82. The highest BCUT2D eigenvalue weighted by Crippen LogP contribution is 2.13. The maximum absolute atomic E-state index is 10.8. The predicted molar refractivity (Wildman–Crippen MR) is 50.7 cm³/mol. The molecule has 1 aromatic heterocycles. The molecule has 0 saturated carbocycles. The van der Waals surface area contributed by atoms with Crippen molar-refractivity contribution in [2.75, 3.05) is 13.1 Å². The van der Waals surface area contributed by atoms with Crippen LogP contribution in [0.4, 0.5) is 0 Å². The third-order valence-corrected chi connectivity index (χ3v) is 2.56. The minimum absolute atomic E-state index is 0.0984. The lowest BCUT2D eigenvalue weighted by atomic mass is 9.95. The van der Waals surface area contributed by atoms with E-state index in [1.807, 2.05) is 0 Å². The Morgan fingerprint density at radius 3 is 3.08 bits per heavy atom. The van der Waals surface area contributed by atoms with Gasteiger partial charge in [-0.2, -0.15) is 0 Å². The fourth-order valence-electron chi connectivity index (χ4n) is 1.89. The Kier molecular flexibility index (Phi) is 2.49. The van der Waals surface area contributed by atoms with Crippen molar-refractivity contribution in [3.63, 3.8) is 0 Å². The van der Waals surface area contributed by atoms with Gasteiger partial charge < -0.3 is 15.3 Å². The molecular formula is C9H15N3O. The molecule has 1 aliphatic heterocycles. The summed E-state index contributed by atoms with van der Waals surface area (Å²) in [5, 5.41) is 3.36. The molecule has 1 aromatic rings. The van der Waals surface area contributed by atoms with Crippen molar-refractivity contribution in [1.82, 2.24) is 15.3 Å². The van der Waals surface area contributed by atoms with Gasteiger partial charge in [-0.25, -0.2) is 4.79 Å². The maximum atomic E-state index is 10.8. The van der Waals surface area contributed by atoms with Gasteiger partial charge in [0, 0.05) is 11.9 Å². The Hall–Kier alpha value is -1.03. The van der Waals surface area contributed by atoms with E-state index in [1.165, 1.54) is 12.8 Å². The summed E-state index contributed by atoms with van der Waals surface area (Å²) in [7, 11) is 0. The van der Waals surface area contributed by atoms with Crippen molar-refractivity contribution in [3.05, 3.63) is 22.4 Å². The fraction of sp³-hybridized carbons (Fsp3) is 0.667. The summed E-state index contributed by atoms with van der Waals surface area (Å²) < 4.78 is 0. The summed E-state index contributed by atoms with van der Waals surface area (Å²) in [6.45, 7) is 2.22. The van der Waals surface area contributed by atoms with Crippen molar-refractivity contribution in [1.29, 1.82) is 0 Å². The van der Waals surface area contributed by atoms with Gasteiger partial charge in [-0.1, -0.05) is 0 Å². The van der Waals surface area contributed by atoms with E-state index in [4.69, 9.17) is 0 Å². The van der Waals surface area contributed by atoms with Crippen molar-refractivity contribution in [2.45, 2.75) is 19.3 Å². The molecule has 13 heavy (non-hydrogen) atoms. The number of rotatable bonds is 2. The molecule has 1 unspecified atom stereocenters. The van der Waals surface area contributed by atoms with Crippen LogP contribution in [-0.2, 0) is 6.42 Å². The first-order chi connectivity index (χ1) is 6.34. The number of aromatic amines is 2. The predicted octanol–water partition coefficient (Wildman–Crippen LogP) is 0.245. The van der Waals surface area contributed by atoms with E-state index in [1.54, 1.807) is 6.20 Å². The summed E-state index contributed by atoms with van der Waals surface area (Å²) in [4.78, 5) is 16.2. The lowest BCUT2D eigenvalue weighted by Gasteiger charge is -2.21. The first-order valence-corrected chi connectivity index (χ1v) is 4.82. The molecule has 0 radical (unpaired) electrons. The first kappa shape index (κ1) is 8.56. The summed E-state index contributed by atoms with van der Waals surface area (Å²) in [6.07, 6.45) is 5.27. The average Bonchev–Trinajstić information content (AvgIpc) is 2.53. The zero-order valence-corrected chi connectivity index (χ0v) is 7.60. The molecule has 2 rings (SSSR count). The topological polar surface area (TPSA) is 60.7 Å². The molecule has 4 heteroatoms. The molecule has 1 atom stereocenters. The molecule has 0 bridgehead atoms. The molecule has 0 amide bonds. The van der Waals surface area contributed by atoms with E-state index >= 15 is 0 Å². The van der Waals surface area contributed by atoms with E-state index in [0.29, 0.717) is 5.92 Å². The molecule has 2 heterocycles. The van der Waals surface area contributed by atoms with Gasteiger partial charge in [0.15, 0.2) is 0 Å². The van der Waals surface area contributed by atoms with Crippen molar-refractivity contribution >= 4 is 0 Å². The van der Waals surface area contributed by atoms with Crippen molar-refractivity contribution in [2.24, 2.45) is 5.92 Å². The molecule has 0 spiro atoms. The van der Waals surface area contributed by atoms with E-state index in [-0.39, 0.29) is 5.69 Å². The smallest absolute Gasteiger partial charge is 0.316 e. The van der Waals surface area contributed by atoms with Crippen molar-refractivity contribution < 1.29 is 0 Å². The SMILES string of the molecule is O=c1[nH]cc(CC2CCCNC2)[nH]1. The average molecular weight is 181 g/mol. The Balaban J connectivity index is 1.93. The summed E-state index contributed by atoms with van der Waals surface area (Å²) in [6, 6.07) is 0. The second kappa shape index (κ2) is 3.79. The Labute approximate surface area is 76.8 Å². The highest BCUT2D eigenvalue weighted by atomic mass is 16.1. The van der Waals surface area contributed by atoms with E-state index < -0.39 is 0 Å². The van der Waals surface area contributed by atoms with Gasteiger partial charge in [-0.3, -0.25) is 0 Å². The molecule has 0 aliphatic carbocycles. The molecule has 1 aliphatic rings. The number of H-pyrrole nitrogens is 2. The van der Waals surface area contributed by atoms with Crippen LogP contribution in [0.3, 0.4) is 0 Å². The number of hydrogen-bond donors (Lipinski definition) is 3. The van der Waals surface area contributed by atoms with Gasteiger partial charge >= 0.3 is 5.69 Å². The van der Waals surface area contributed by atoms with Gasteiger partial charge in [-0.05, 0) is 38.3 Å². The van der Waals surface area contributed by atoms with Gasteiger partial charge in [0.1, 0.15) is 0 Å². The second-order valence-corrected chi connectivity index (χ2v) is 3.68. The van der Waals surface area contributed by atoms with Gasteiger partial charge in [0.2, 0.25) is 0 Å². The van der Waals surface area contributed by atoms with Gasteiger partial charge in [-0.15, -0.1) is 0 Å². The second-order valence-electron chi connectivity index (χ2n) is 3.68. The minimum atomic E-state index is -0.0984. The third kappa shape index (κ3) is 2.21. The Morgan fingerprint density at radius 1 is 1.54 bits per heavy atom. The lowest BCUT2D eigenvalue weighted by molar-refractivity contribution is 0.374. The normalized spacial score (nSPS) is 23.2. The Morgan fingerprint density at radius 2 is 2.46 bits per heavy atom. The molecule has 1 saturated heterocycles. The molecule has 1 fully saturated rings. The van der Waals surface area contributed by atoms with Crippen LogP contribution in [0.1, 0.15) is 18.5 Å². The Bertz CT molecular complexity index is 309. The summed E-state index contributed by atoms with van der Waals surface area (Å²) in [5.41, 5.74) is 0.928. The fourth-order valence-corrected chi connectivity index (χ4v) is 1.89. The largest absolute Gasteiger partial charge is 0.323 e. The van der Waals surface area contributed by atoms with Crippen LogP contribution in [-0.4, -0.2) is 23.1 Å². The molecule has 3 N–H and O–H groups in total. The highest BCUT2D eigenvalue weighted by molar-refractivity contribution is 4.96. The summed E-state index contributed by atoms with van der Waals surface area (Å²) in [5.74, 6) is 0.681. The number of imidazole rings is 1. The number of hydrogen-bond acceptors (Lipinski definition) is 2. The standard InChI is InChI=1S/C9H15N3O/c13-9-11-6-8(12-9)4-7-2-1-3-10-5-7/h6-7,10H,1-5H2,(H2,11,12,13). The maximum Gasteiger partial charge on any atom is 0.323 e. The molecule has 0 aromatic carbocycles. The summed E-state index contributed by atoms with van der Waals surface area (Å²) >= 11 is 0. The molecule has 4 nitrogen and oxygen atoms in total. The van der Waals surface area contributed by atoms with Crippen LogP contribution < -0.4 is 11.0 Å². The van der Waals surface area contributed by atoms with Crippen molar-refractivity contribution in [3.8, 4) is 0 Å². The highest BCUT2D eigenvalue weighted by Gasteiger charge is 2.13. The third-order valence-electron chi connectivity index (χ3n) is 2.56. The minimum Gasteiger partial charge on any atom is -0.316 e. The monoisotopic (exact) mass is 181 g/mol. The van der Waals surface area contributed by atoms with E-state index in [0.717, 1.165) is 25.2 Å². The van der Waals surface area contributed by atoms with Crippen LogP contribution in [0.25, 0.3) is 0 Å². The quantitative estimate of drug-likeness (QED) is 0.612. The van der Waals surface area contributed by atoms with E-state index in [2.05, 4.69) is 15.3 Å². The lowest BCUT2D eigenvalue weighted by Crippen LogP contribution is -2.30. The number of nitrogens with one attached hydrogen (secondary N) is 3. The van der Waals surface area contributed by atoms with Gasteiger partial charge in [0.25, 0.3) is 0 Å². The zero-order valence-electron chi connectivity index (χ0n) is 7.60. The van der Waals surface area contributed by atoms with E-state index in [9.17, 15) is 4.79 Å². The molecule has 72 valence electrons. The number of aromatic nitrogens is 2. The zero-order chi connectivity index (χ0) is 9.10. The van der Waals surface area contributed by atoms with Gasteiger partial charge in [0.05, 0.1) is 0 Å². The molecular weight excluding hydrogens is 166 g/mol. The van der Waals surface area contributed by atoms with Crippen LogP contribution in [0, 0.1) is 5.92 Å². The van der Waals surface area contributed by atoms with Crippen LogP contribution in [0.2, 0.25) is 0 Å². The number of piperidine rings is 1. The van der Waals surface area contributed by atoms with Crippen LogP contribution in [0.5, 0.6) is 0 Å². The van der Waals surface area contributed by atoms with Crippen LogP contribution >= 0.6 is 0 Å². The van der Waals surface area contributed by atoms with Crippen LogP contribution in [0.15, 0.2) is 11.0 Å².